The molecule has 1 heterocycles. The van der Waals surface area contributed by atoms with E-state index in [0.717, 1.165) is 21.3 Å². The van der Waals surface area contributed by atoms with Crippen LogP contribution in [-0.2, 0) is 0 Å². The number of thiazole rings is 1. The number of rotatable bonds is 3. The van der Waals surface area contributed by atoms with Crippen LogP contribution < -0.4 is 5.32 Å². The first-order chi connectivity index (χ1) is 8.47. The number of anilines is 1. The number of hydrogen-bond acceptors (Lipinski definition) is 3. The molecule has 0 aliphatic heterocycles. The second-order valence-corrected chi connectivity index (χ2v) is 5.89. The lowest BCUT2D eigenvalue weighted by atomic mass is 10.1. The van der Waals surface area contributed by atoms with Gasteiger partial charge in [0.15, 0.2) is 5.13 Å². The van der Waals surface area contributed by atoms with Crippen molar-refractivity contribution in [2.24, 2.45) is 0 Å². The van der Waals surface area contributed by atoms with E-state index in [1.807, 2.05) is 13.0 Å². The molecule has 1 aromatic heterocycles. The van der Waals surface area contributed by atoms with Gasteiger partial charge in [-0.15, -0.1) is 11.3 Å². The van der Waals surface area contributed by atoms with Gasteiger partial charge in [-0.3, -0.25) is 0 Å². The number of nitrogens with zero attached hydrogens (tertiary/aromatic N) is 1. The molecule has 1 aromatic carbocycles. The molecule has 18 heavy (non-hydrogen) atoms. The third kappa shape index (κ3) is 2.70. The largest absolute Gasteiger partial charge is 0.359 e. The Balaban J connectivity index is 2.38. The Labute approximate surface area is 111 Å². The zero-order valence-corrected chi connectivity index (χ0v) is 11.9. The molecule has 0 aliphatic carbocycles. The Morgan fingerprint density at radius 1 is 1.28 bits per heavy atom. The fourth-order valence-electron chi connectivity index (χ4n) is 1.76. The van der Waals surface area contributed by atoms with Crippen LogP contribution in [0, 0.1) is 19.7 Å². The SMILES string of the molecule is Cc1cc(-c2nc(NC(C)C)sc2C)ccc1F. The highest BCUT2D eigenvalue weighted by atomic mass is 32.1. The summed E-state index contributed by atoms with van der Waals surface area (Å²) in [7, 11) is 0. The van der Waals surface area contributed by atoms with Gasteiger partial charge in [0, 0.05) is 16.5 Å². The molecule has 0 spiro atoms. The minimum atomic E-state index is -0.174. The standard InChI is InChI=1S/C14H17FN2S/c1-8(2)16-14-17-13(10(4)18-14)11-5-6-12(15)9(3)7-11/h5-8H,1-4H3,(H,16,17). The van der Waals surface area contributed by atoms with Crippen LogP contribution in [0.3, 0.4) is 0 Å². The lowest BCUT2D eigenvalue weighted by Crippen LogP contribution is -2.08. The molecule has 0 radical (unpaired) electrons. The van der Waals surface area contributed by atoms with E-state index in [4.69, 9.17) is 0 Å². The number of nitrogens with one attached hydrogen (secondary N) is 1. The molecule has 1 N–H and O–H groups in total. The van der Waals surface area contributed by atoms with Gasteiger partial charge in [0.25, 0.3) is 0 Å². The smallest absolute Gasteiger partial charge is 0.183 e. The minimum absolute atomic E-state index is 0.174. The summed E-state index contributed by atoms with van der Waals surface area (Å²) in [5.41, 5.74) is 2.56. The van der Waals surface area contributed by atoms with Crippen LogP contribution in [0.15, 0.2) is 18.2 Å². The predicted octanol–water partition coefficient (Wildman–Crippen LogP) is 4.39. The normalized spacial score (nSPS) is 11.0. The Bertz CT molecular complexity index is 561. The number of aromatic nitrogens is 1. The zero-order valence-electron chi connectivity index (χ0n) is 11.0. The Morgan fingerprint density at radius 3 is 2.61 bits per heavy atom. The maximum atomic E-state index is 13.3. The molecule has 0 unspecified atom stereocenters. The van der Waals surface area contributed by atoms with Gasteiger partial charge in [-0.05, 0) is 51.5 Å². The summed E-state index contributed by atoms with van der Waals surface area (Å²) in [4.78, 5) is 5.72. The van der Waals surface area contributed by atoms with Gasteiger partial charge >= 0.3 is 0 Å². The highest BCUT2D eigenvalue weighted by molar-refractivity contribution is 7.16. The molecule has 2 rings (SSSR count). The zero-order chi connectivity index (χ0) is 13.3. The van der Waals surface area contributed by atoms with Crippen LogP contribution in [0.2, 0.25) is 0 Å². The molecule has 0 bridgehead atoms. The van der Waals surface area contributed by atoms with Crippen molar-refractivity contribution in [2.45, 2.75) is 33.7 Å². The number of benzene rings is 1. The predicted molar refractivity (Wildman–Crippen MR) is 75.7 cm³/mol. The van der Waals surface area contributed by atoms with E-state index in [-0.39, 0.29) is 5.82 Å². The molecule has 0 amide bonds. The number of hydrogen-bond donors (Lipinski definition) is 1. The maximum Gasteiger partial charge on any atom is 0.183 e. The molecular formula is C14H17FN2S. The molecule has 0 saturated heterocycles. The molecule has 96 valence electrons. The fourth-order valence-corrected chi connectivity index (χ4v) is 2.75. The molecule has 0 fully saturated rings. The fraction of sp³-hybridized carbons (Fsp3) is 0.357. The number of aryl methyl sites for hydroxylation is 2. The summed E-state index contributed by atoms with van der Waals surface area (Å²) < 4.78 is 13.3. The van der Waals surface area contributed by atoms with Gasteiger partial charge in [-0.1, -0.05) is 0 Å². The first-order valence-electron chi connectivity index (χ1n) is 5.98. The third-order valence-electron chi connectivity index (χ3n) is 2.64. The first-order valence-corrected chi connectivity index (χ1v) is 6.79. The van der Waals surface area contributed by atoms with Crippen LogP contribution in [0.1, 0.15) is 24.3 Å². The highest BCUT2D eigenvalue weighted by Crippen LogP contribution is 2.31. The van der Waals surface area contributed by atoms with Gasteiger partial charge in [0.1, 0.15) is 5.82 Å². The van der Waals surface area contributed by atoms with Crippen molar-refractivity contribution in [1.82, 2.24) is 4.98 Å². The van der Waals surface area contributed by atoms with Crippen molar-refractivity contribution in [3.8, 4) is 11.3 Å². The van der Waals surface area contributed by atoms with Gasteiger partial charge in [0.2, 0.25) is 0 Å². The molecule has 0 aliphatic rings. The van der Waals surface area contributed by atoms with Crippen LogP contribution in [0.25, 0.3) is 11.3 Å². The van der Waals surface area contributed by atoms with E-state index >= 15 is 0 Å². The average molecular weight is 264 g/mol. The quantitative estimate of drug-likeness (QED) is 0.889. The van der Waals surface area contributed by atoms with Crippen LogP contribution in [0.5, 0.6) is 0 Å². The number of halogens is 1. The Kier molecular flexibility index (Phi) is 3.66. The second kappa shape index (κ2) is 5.06. The van der Waals surface area contributed by atoms with Gasteiger partial charge in [0.05, 0.1) is 5.69 Å². The van der Waals surface area contributed by atoms with E-state index in [0.29, 0.717) is 11.6 Å². The van der Waals surface area contributed by atoms with Gasteiger partial charge in [-0.25, -0.2) is 9.37 Å². The lowest BCUT2D eigenvalue weighted by molar-refractivity contribution is 0.619. The Morgan fingerprint density at radius 2 is 2.00 bits per heavy atom. The summed E-state index contributed by atoms with van der Waals surface area (Å²) in [5.74, 6) is -0.174. The van der Waals surface area contributed by atoms with Crippen molar-refractivity contribution in [2.75, 3.05) is 5.32 Å². The first kappa shape index (κ1) is 13.0. The van der Waals surface area contributed by atoms with E-state index in [1.165, 1.54) is 6.07 Å². The van der Waals surface area contributed by atoms with Crippen molar-refractivity contribution in [3.63, 3.8) is 0 Å². The monoisotopic (exact) mass is 264 g/mol. The summed E-state index contributed by atoms with van der Waals surface area (Å²) in [6, 6.07) is 5.48. The molecular weight excluding hydrogens is 247 g/mol. The van der Waals surface area contributed by atoms with Crippen LogP contribution >= 0.6 is 11.3 Å². The van der Waals surface area contributed by atoms with E-state index < -0.39 is 0 Å². The van der Waals surface area contributed by atoms with Crippen molar-refractivity contribution in [3.05, 3.63) is 34.5 Å². The summed E-state index contributed by atoms with van der Waals surface area (Å²) >= 11 is 1.63. The molecule has 2 aromatic rings. The third-order valence-corrected chi connectivity index (χ3v) is 3.54. The topological polar surface area (TPSA) is 24.9 Å². The van der Waals surface area contributed by atoms with E-state index in [1.54, 1.807) is 24.3 Å². The van der Waals surface area contributed by atoms with Crippen molar-refractivity contribution < 1.29 is 4.39 Å². The van der Waals surface area contributed by atoms with Gasteiger partial charge in [-0.2, -0.15) is 0 Å². The van der Waals surface area contributed by atoms with Crippen LogP contribution in [0.4, 0.5) is 9.52 Å². The highest BCUT2D eigenvalue weighted by Gasteiger charge is 2.11. The van der Waals surface area contributed by atoms with Crippen molar-refractivity contribution in [1.29, 1.82) is 0 Å². The molecule has 0 saturated carbocycles. The molecule has 2 nitrogen and oxygen atoms in total. The van der Waals surface area contributed by atoms with E-state index in [2.05, 4.69) is 24.1 Å². The molecule has 0 atom stereocenters. The maximum absolute atomic E-state index is 13.3. The van der Waals surface area contributed by atoms with Gasteiger partial charge < -0.3 is 5.32 Å². The minimum Gasteiger partial charge on any atom is -0.359 e. The van der Waals surface area contributed by atoms with Crippen LogP contribution in [-0.4, -0.2) is 11.0 Å². The van der Waals surface area contributed by atoms with Crippen molar-refractivity contribution >= 4 is 16.5 Å². The summed E-state index contributed by atoms with van der Waals surface area (Å²) in [6.45, 7) is 7.97. The summed E-state index contributed by atoms with van der Waals surface area (Å²) in [5, 5.41) is 4.21. The van der Waals surface area contributed by atoms with E-state index in [9.17, 15) is 4.39 Å². The second-order valence-electron chi connectivity index (χ2n) is 4.69. The molecule has 4 heteroatoms. The lowest BCUT2D eigenvalue weighted by Gasteiger charge is -2.04. The average Bonchev–Trinajstić information content (AvgIpc) is 2.62. The summed E-state index contributed by atoms with van der Waals surface area (Å²) in [6.07, 6.45) is 0. The Hall–Kier alpha value is -1.42.